The van der Waals surface area contributed by atoms with Crippen LogP contribution in [0.3, 0.4) is 0 Å². The van der Waals surface area contributed by atoms with E-state index in [2.05, 4.69) is 15.9 Å². The Morgan fingerprint density at radius 3 is 2.25 bits per heavy atom. The van der Waals surface area contributed by atoms with Crippen LogP contribution >= 0.6 is 15.9 Å². The third-order valence-electron chi connectivity index (χ3n) is 1.59. The molecule has 0 aromatic heterocycles. The van der Waals surface area contributed by atoms with Crippen molar-refractivity contribution >= 4 is 26.7 Å². The van der Waals surface area contributed by atoms with E-state index in [0.717, 1.165) is 12.1 Å². The maximum absolute atomic E-state index is 12.1. The minimum atomic E-state index is -4.72. The van der Waals surface area contributed by atoms with Gasteiger partial charge in [0.2, 0.25) is 0 Å². The van der Waals surface area contributed by atoms with Crippen LogP contribution < -0.4 is 4.74 Å². The summed E-state index contributed by atoms with van der Waals surface area (Å²) >= 11 is 3.15. The first-order valence-electron chi connectivity index (χ1n) is 4.22. The number of halogens is 4. The number of benzene rings is 1. The molecular formula is C9H8BrF3O2S. The molecule has 16 heavy (non-hydrogen) atoms. The number of hydrogen-bond donors (Lipinski definition) is 0. The Balaban J connectivity index is 2.75. The van der Waals surface area contributed by atoms with Crippen molar-refractivity contribution < 1.29 is 22.1 Å². The summed E-state index contributed by atoms with van der Waals surface area (Å²) in [5.41, 5.74) is -4.72. The van der Waals surface area contributed by atoms with Gasteiger partial charge in [-0.15, -0.1) is 0 Å². The summed E-state index contributed by atoms with van der Waals surface area (Å²) in [7, 11) is -2.98. The average molecular weight is 317 g/mol. The topological polar surface area (TPSA) is 26.3 Å². The molecule has 7 heteroatoms. The zero-order chi connectivity index (χ0) is 12.2. The van der Waals surface area contributed by atoms with Crippen molar-refractivity contribution in [3.05, 3.63) is 24.3 Å². The van der Waals surface area contributed by atoms with Gasteiger partial charge in [-0.2, -0.15) is 13.2 Å². The van der Waals surface area contributed by atoms with Gasteiger partial charge in [0.25, 0.3) is 0 Å². The molecule has 1 aromatic carbocycles. The van der Waals surface area contributed by atoms with Crippen molar-refractivity contribution in [3.8, 4) is 5.75 Å². The average Bonchev–Trinajstić information content (AvgIpc) is 2.25. The molecule has 0 fully saturated rings. The Labute approximate surface area is 101 Å². The van der Waals surface area contributed by atoms with E-state index < -0.39 is 16.3 Å². The number of ether oxygens (including phenoxy) is 1. The molecule has 1 aromatic rings. The van der Waals surface area contributed by atoms with Crippen molar-refractivity contribution in [2.75, 3.05) is 11.9 Å². The first-order chi connectivity index (χ1) is 7.45. The van der Waals surface area contributed by atoms with E-state index in [1.807, 2.05) is 0 Å². The Bertz CT molecular complexity index is 364. The van der Waals surface area contributed by atoms with E-state index in [9.17, 15) is 17.4 Å². The minimum absolute atomic E-state index is 0.279. The van der Waals surface area contributed by atoms with Crippen molar-refractivity contribution in [2.45, 2.75) is 10.4 Å². The van der Waals surface area contributed by atoms with Crippen LogP contribution in [0.5, 0.6) is 5.75 Å². The molecule has 0 heterocycles. The van der Waals surface area contributed by atoms with Crippen molar-refractivity contribution in [2.24, 2.45) is 0 Å². The second-order valence-electron chi connectivity index (χ2n) is 2.72. The van der Waals surface area contributed by atoms with E-state index in [-0.39, 0.29) is 4.90 Å². The molecule has 1 unspecified atom stereocenters. The van der Waals surface area contributed by atoms with Crippen LogP contribution in [-0.2, 0) is 10.8 Å². The normalized spacial score (nSPS) is 13.5. The van der Waals surface area contributed by atoms with E-state index in [1.165, 1.54) is 12.1 Å². The van der Waals surface area contributed by atoms with Gasteiger partial charge in [-0.3, -0.25) is 0 Å². The van der Waals surface area contributed by atoms with Crippen LogP contribution in [0.15, 0.2) is 29.2 Å². The Morgan fingerprint density at radius 1 is 1.25 bits per heavy atom. The Hall–Kier alpha value is -0.560. The lowest BCUT2D eigenvalue weighted by Crippen LogP contribution is -2.16. The van der Waals surface area contributed by atoms with E-state index in [0.29, 0.717) is 17.7 Å². The van der Waals surface area contributed by atoms with Gasteiger partial charge in [0.05, 0.1) is 6.61 Å². The predicted octanol–water partition coefficient (Wildman–Crippen LogP) is 3.09. The van der Waals surface area contributed by atoms with Crippen LogP contribution in [0.1, 0.15) is 0 Å². The zero-order valence-corrected chi connectivity index (χ0v) is 10.4. The van der Waals surface area contributed by atoms with Gasteiger partial charge in [0.1, 0.15) is 5.75 Å². The molecule has 0 bridgehead atoms. The smallest absolute Gasteiger partial charge is 0.475 e. The van der Waals surface area contributed by atoms with Crippen molar-refractivity contribution in [1.29, 1.82) is 0 Å². The van der Waals surface area contributed by atoms with Gasteiger partial charge >= 0.3 is 5.51 Å². The molecule has 90 valence electrons. The number of rotatable bonds is 4. The fourth-order valence-electron chi connectivity index (χ4n) is 0.950. The first kappa shape index (κ1) is 13.5. The van der Waals surface area contributed by atoms with Gasteiger partial charge < -0.3 is 4.74 Å². The summed E-state index contributed by atoms with van der Waals surface area (Å²) < 4.78 is 52.4. The molecule has 0 aliphatic heterocycles. The molecule has 0 spiro atoms. The molecule has 0 saturated carbocycles. The highest BCUT2D eigenvalue weighted by atomic mass is 79.9. The third kappa shape index (κ3) is 3.79. The molecule has 0 aliphatic carbocycles. The summed E-state index contributed by atoms with van der Waals surface area (Å²) in [5.74, 6) is 0.447. The molecule has 0 N–H and O–H groups in total. The highest BCUT2D eigenvalue weighted by molar-refractivity contribution is 9.09. The predicted molar refractivity (Wildman–Crippen MR) is 58.2 cm³/mol. The Kier molecular flexibility index (Phi) is 4.79. The van der Waals surface area contributed by atoms with Crippen LogP contribution in [0.2, 0.25) is 0 Å². The standard InChI is InChI=1S/C9H8BrF3O2S/c10-5-6-15-7-1-3-8(4-2-7)16(14)9(11,12)13/h1-4H,5-6H2. The van der Waals surface area contributed by atoms with Gasteiger partial charge in [0, 0.05) is 10.2 Å². The first-order valence-corrected chi connectivity index (χ1v) is 6.49. The molecular weight excluding hydrogens is 309 g/mol. The molecule has 0 amide bonds. The van der Waals surface area contributed by atoms with Gasteiger partial charge in [-0.1, -0.05) is 15.9 Å². The summed E-state index contributed by atoms with van der Waals surface area (Å²) in [6.45, 7) is 0.418. The highest BCUT2D eigenvalue weighted by Crippen LogP contribution is 2.27. The molecule has 0 radical (unpaired) electrons. The van der Waals surface area contributed by atoms with E-state index in [4.69, 9.17) is 4.74 Å². The SMILES string of the molecule is O=S(c1ccc(OCCBr)cc1)C(F)(F)F. The molecule has 1 rings (SSSR count). The minimum Gasteiger partial charge on any atom is -0.493 e. The monoisotopic (exact) mass is 316 g/mol. The number of hydrogen-bond acceptors (Lipinski definition) is 2. The van der Waals surface area contributed by atoms with Gasteiger partial charge in [-0.05, 0) is 24.3 Å². The third-order valence-corrected chi connectivity index (χ3v) is 3.04. The van der Waals surface area contributed by atoms with Crippen molar-refractivity contribution in [1.82, 2.24) is 0 Å². The van der Waals surface area contributed by atoms with Crippen LogP contribution in [0, 0.1) is 0 Å². The lowest BCUT2D eigenvalue weighted by atomic mass is 10.3. The zero-order valence-electron chi connectivity index (χ0n) is 7.96. The van der Waals surface area contributed by atoms with Crippen LogP contribution in [0.25, 0.3) is 0 Å². The maximum atomic E-state index is 12.1. The maximum Gasteiger partial charge on any atom is 0.475 e. The summed E-state index contributed by atoms with van der Waals surface area (Å²) in [6.07, 6.45) is 0. The summed E-state index contributed by atoms with van der Waals surface area (Å²) in [4.78, 5) is -0.279. The second kappa shape index (κ2) is 5.67. The van der Waals surface area contributed by atoms with Gasteiger partial charge in [-0.25, -0.2) is 4.21 Å². The largest absolute Gasteiger partial charge is 0.493 e. The number of alkyl halides is 4. The van der Waals surface area contributed by atoms with Gasteiger partial charge in [0.15, 0.2) is 10.8 Å². The quantitative estimate of drug-likeness (QED) is 0.798. The fraction of sp³-hybridized carbons (Fsp3) is 0.333. The van der Waals surface area contributed by atoms with E-state index in [1.54, 1.807) is 0 Å². The lowest BCUT2D eigenvalue weighted by molar-refractivity contribution is -0.0384. The highest BCUT2D eigenvalue weighted by Gasteiger charge is 2.37. The molecule has 1 atom stereocenters. The molecule has 0 saturated heterocycles. The molecule has 2 nitrogen and oxygen atoms in total. The summed E-state index contributed by atoms with van der Waals surface area (Å²) in [5, 5.41) is 0.628. The fourth-order valence-corrected chi connectivity index (χ4v) is 1.76. The van der Waals surface area contributed by atoms with E-state index >= 15 is 0 Å². The molecule has 0 aliphatic rings. The summed E-state index contributed by atoms with van der Waals surface area (Å²) in [6, 6.07) is 5.02. The van der Waals surface area contributed by atoms with Crippen molar-refractivity contribution in [3.63, 3.8) is 0 Å². The van der Waals surface area contributed by atoms with Crippen LogP contribution in [0.4, 0.5) is 13.2 Å². The second-order valence-corrected chi connectivity index (χ2v) is 4.99. The van der Waals surface area contributed by atoms with Crippen LogP contribution in [-0.4, -0.2) is 21.7 Å². The Morgan fingerprint density at radius 2 is 1.81 bits per heavy atom. The lowest BCUT2D eigenvalue weighted by Gasteiger charge is -2.07.